The van der Waals surface area contributed by atoms with Crippen molar-refractivity contribution in [2.75, 3.05) is 0 Å². The summed E-state index contributed by atoms with van der Waals surface area (Å²) in [7, 11) is 0. The molecule has 19 heavy (non-hydrogen) atoms. The van der Waals surface area contributed by atoms with Gasteiger partial charge in [0.1, 0.15) is 11.6 Å². The lowest BCUT2D eigenvalue weighted by Crippen LogP contribution is -2.15. The highest BCUT2D eigenvalue weighted by molar-refractivity contribution is 7.71. The molecule has 98 valence electrons. The van der Waals surface area contributed by atoms with Crippen LogP contribution >= 0.6 is 12.2 Å². The number of hydrogen-bond acceptors (Lipinski definition) is 2. The molecule has 2 aliphatic rings. The van der Waals surface area contributed by atoms with Crippen LogP contribution in [0.15, 0.2) is 24.4 Å². The Morgan fingerprint density at radius 3 is 2.89 bits per heavy atom. The molecule has 0 saturated heterocycles. The van der Waals surface area contributed by atoms with Gasteiger partial charge in [0.15, 0.2) is 0 Å². The summed E-state index contributed by atoms with van der Waals surface area (Å²) in [5, 5.41) is 9.53. The Morgan fingerprint density at radius 2 is 2.16 bits per heavy atom. The Morgan fingerprint density at radius 1 is 1.37 bits per heavy atom. The Kier molecular flexibility index (Phi) is 1.91. The van der Waals surface area contributed by atoms with E-state index in [9.17, 15) is 14.0 Å². The second-order valence-corrected chi connectivity index (χ2v) is 5.67. The maximum Gasteiger partial charge on any atom is 0.214 e. The van der Waals surface area contributed by atoms with Crippen molar-refractivity contribution in [3.8, 4) is 0 Å². The van der Waals surface area contributed by atoms with Crippen LogP contribution in [0.1, 0.15) is 23.6 Å². The van der Waals surface area contributed by atoms with Gasteiger partial charge in [-0.15, -0.1) is 0 Å². The molecule has 1 aliphatic heterocycles. The van der Waals surface area contributed by atoms with Gasteiger partial charge < -0.3 is 9.77 Å². The molecule has 2 aromatic rings. The zero-order chi connectivity index (χ0) is 13.4. The third-order valence-corrected chi connectivity index (χ3v) is 4.74. The van der Waals surface area contributed by atoms with E-state index in [-0.39, 0.29) is 17.2 Å². The lowest BCUT2D eigenvalue weighted by atomic mass is 9.94. The fraction of sp³-hybridized carbons (Fsp3) is 0.308. The monoisotopic (exact) mass is 280 g/mol. The molecule has 2 atom stereocenters. The minimum atomic E-state index is -0.427. The topological polar surface area (TPSA) is 30.1 Å². The number of fused-ring (bicyclic) bond motifs is 3. The summed E-state index contributed by atoms with van der Waals surface area (Å²) in [6.45, 7) is 0.500. The van der Waals surface area contributed by atoms with Gasteiger partial charge in [-0.05, 0) is 42.4 Å². The molecule has 1 aromatic heterocycles. The lowest BCUT2D eigenvalue weighted by Gasteiger charge is -2.14. The Labute approximate surface area is 112 Å². The van der Waals surface area contributed by atoms with Crippen molar-refractivity contribution in [1.29, 1.82) is 0 Å². The molecule has 4 rings (SSSR count). The smallest absolute Gasteiger partial charge is 0.214 e. The molecule has 0 spiro atoms. The molecule has 1 N–H and O–H groups in total. The number of imidazole rings is 1. The molecule has 0 bridgehead atoms. The maximum atomic E-state index is 13.9. The van der Waals surface area contributed by atoms with Gasteiger partial charge in [-0.2, -0.15) is 4.73 Å². The summed E-state index contributed by atoms with van der Waals surface area (Å²) in [5.41, 5.74) is 0.930. The average Bonchev–Trinajstić information content (AvgIpc) is 2.93. The van der Waals surface area contributed by atoms with E-state index in [1.807, 2.05) is 0 Å². The van der Waals surface area contributed by atoms with Crippen molar-refractivity contribution in [1.82, 2.24) is 9.30 Å². The minimum absolute atomic E-state index is 0.110. The fourth-order valence-electron chi connectivity index (χ4n) is 3.33. The van der Waals surface area contributed by atoms with Crippen LogP contribution in [0.3, 0.4) is 0 Å². The predicted molar refractivity (Wildman–Crippen MR) is 65.8 cm³/mol. The van der Waals surface area contributed by atoms with Gasteiger partial charge in [-0.25, -0.2) is 8.78 Å². The molecule has 1 aliphatic carbocycles. The van der Waals surface area contributed by atoms with E-state index in [1.165, 1.54) is 12.1 Å². The van der Waals surface area contributed by atoms with Crippen LogP contribution in [0.25, 0.3) is 0 Å². The van der Waals surface area contributed by atoms with E-state index < -0.39 is 5.82 Å². The van der Waals surface area contributed by atoms with Crippen molar-refractivity contribution >= 4 is 12.2 Å². The van der Waals surface area contributed by atoms with Gasteiger partial charge in [-0.3, -0.25) is 0 Å². The highest BCUT2D eigenvalue weighted by Crippen LogP contribution is 2.65. The van der Waals surface area contributed by atoms with E-state index >= 15 is 0 Å². The van der Waals surface area contributed by atoms with E-state index in [0.717, 1.165) is 22.9 Å². The largest absolute Gasteiger partial charge is 0.426 e. The first-order valence-electron chi connectivity index (χ1n) is 6.00. The first kappa shape index (κ1) is 11.2. The highest BCUT2D eigenvalue weighted by atomic mass is 32.1. The number of rotatable bonds is 1. The first-order valence-corrected chi connectivity index (χ1v) is 6.40. The average molecular weight is 280 g/mol. The summed E-state index contributed by atoms with van der Waals surface area (Å²) in [4.78, 5) is 0. The van der Waals surface area contributed by atoms with Crippen LogP contribution in [0.2, 0.25) is 0 Å². The minimum Gasteiger partial charge on any atom is -0.426 e. The standard InChI is InChI=1S/C13H10F2N2OS/c14-7-1-2-10(15)8(3-7)13-4-9(13)11-5-17(18)12(19)16(11)6-13/h1-3,5,9,18H,4,6H2/t9-,13+/m0/s1. The van der Waals surface area contributed by atoms with Crippen molar-refractivity contribution in [3.63, 3.8) is 0 Å². The van der Waals surface area contributed by atoms with Gasteiger partial charge in [-0.1, -0.05) is 0 Å². The van der Waals surface area contributed by atoms with Gasteiger partial charge in [0.2, 0.25) is 4.77 Å². The molecule has 1 aromatic carbocycles. The number of aromatic nitrogens is 2. The van der Waals surface area contributed by atoms with Crippen molar-refractivity contribution in [2.45, 2.75) is 24.3 Å². The van der Waals surface area contributed by atoms with E-state index in [2.05, 4.69) is 0 Å². The second-order valence-electron chi connectivity index (χ2n) is 5.30. The van der Waals surface area contributed by atoms with Crippen LogP contribution in [0.5, 0.6) is 0 Å². The summed E-state index contributed by atoms with van der Waals surface area (Å²) < 4.78 is 30.3. The highest BCUT2D eigenvalue weighted by Gasteiger charge is 2.62. The third-order valence-electron chi connectivity index (χ3n) is 4.33. The number of nitrogens with zero attached hydrogens (tertiary/aromatic N) is 2. The van der Waals surface area contributed by atoms with Crippen molar-refractivity contribution in [2.24, 2.45) is 0 Å². The molecule has 0 amide bonds. The van der Waals surface area contributed by atoms with E-state index in [4.69, 9.17) is 12.2 Å². The van der Waals surface area contributed by atoms with Gasteiger partial charge >= 0.3 is 0 Å². The molecule has 2 heterocycles. The molecule has 1 saturated carbocycles. The Hall–Kier alpha value is -1.69. The van der Waals surface area contributed by atoms with Crippen molar-refractivity contribution < 1.29 is 14.0 Å². The third kappa shape index (κ3) is 1.27. The van der Waals surface area contributed by atoms with Crippen LogP contribution in [-0.4, -0.2) is 14.5 Å². The van der Waals surface area contributed by atoms with Crippen LogP contribution in [-0.2, 0) is 12.0 Å². The second kappa shape index (κ2) is 3.25. The fourth-order valence-corrected chi connectivity index (χ4v) is 3.56. The summed E-state index contributed by atoms with van der Waals surface area (Å²) in [5.74, 6) is -0.694. The van der Waals surface area contributed by atoms with E-state index in [0.29, 0.717) is 16.9 Å². The molecular weight excluding hydrogens is 270 g/mol. The summed E-state index contributed by atoms with van der Waals surface area (Å²) >= 11 is 5.09. The quantitative estimate of drug-likeness (QED) is 0.643. The van der Waals surface area contributed by atoms with Crippen LogP contribution in [0, 0.1) is 16.4 Å². The SMILES string of the molecule is On1cc2n(c1=S)C[C@@]1(c3cc(F)ccc3F)C[C@@H]21. The summed E-state index contributed by atoms with van der Waals surface area (Å²) in [6.07, 6.45) is 2.34. The molecular formula is C13H10F2N2OS. The number of hydrogen-bond donors (Lipinski definition) is 1. The zero-order valence-corrected chi connectivity index (χ0v) is 10.6. The molecule has 1 fully saturated rings. The normalized spacial score (nSPS) is 27.2. The zero-order valence-electron chi connectivity index (χ0n) is 9.81. The summed E-state index contributed by atoms with van der Waals surface area (Å²) in [6, 6.07) is 3.57. The maximum absolute atomic E-state index is 13.9. The molecule has 0 radical (unpaired) electrons. The predicted octanol–water partition coefficient (Wildman–Crippen LogP) is 2.97. The van der Waals surface area contributed by atoms with Gasteiger partial charge in [0.25, 0.3) is 0 Å². The molecule has 6 heteroatoms. The van der Waals surface area contributed by atoms with Gasteiger partial charge in [0, 0.05) is 23.6 Å². The molecule has 0 unspecified atom stereocenters. The number of benzene rings is 1. The lowest BCUT2D eigenvalue weighted by molar-refractivity contribution is 0.178. The number of halogens is 2. The first-order chi connectivity index (χ1) is 9.03. The van der Waals surface area contributed by atoms with Gasteiger partial charge in [0.05, 0.1) is 6.20 Å². The van der Waals surface area contributed by atoms with Crippen molar-refractivity contribution in [3.05, 3.63) is 52.1 Å². The molecule has 3 nitrogen and oxygen atoms in total. The van der Waals surface area contributed by atoms with Crippen LogP contribution < -0.4 is 0 Å². The van der Waals surface area contributed by atoms with Crippen LogP contribution in [0.4, 0.5) is 8.78 Å². The Bertz CT molecular complexity index is 766. The Balaban J connectivity index is 1.85. The van der Waals surface area contributed by atoms with E-state index in [1.54, 1.807) is 10.8 Å².